The SMILES string of the molecule is CCOc1cc(/C=C2/SC(=O)N(CC(=O)Nc3ccc(Cl)cc3)C2=O)ccc1OCC(=O)O. The van der Waals surface area contributed by atoms with Crippen LogP contribution >= 0.6 is 23.4 Å². The molecule has 11 heteroatoms. The van der Waals surface area contributed by atoms with Gasteiger partial charge in [-0.05, 0) is 66.7 Å². The normalized spacial score (nSPS) is 14.5. The van der Waals surface area contributed by atoms with Crippen LogP contribution in [0.2, 0.25) is 5.02 Å². The molecular formula is C22H19ClN2O7S. The zero-order valence-corrected chi connectivity index (χ0v) is 18.9. The number of carboxylic acids is 1. The smallest absolute Gasteiger partial charge is 0.341 e. The average Bonchev–Trinajstić information content (AvgIpc) is 3.02. The van der Waals surface area contributed by atoms with Gasteiger partial charge in [-0.3, -0.25) is 19.3 Å². The number of aliphatic carboxylic acids is 1. The van der Waals surface area contributed by atoms with Crippen LogP contribution in [0.3, 0.4) is 0 Å². The number of thioether (sulfide) groups is 1. The van der Waals surface area contributed by atoms with Gasteiger partial charge in [-0.1, -0.05) is 17.7 Å². The van der Waals surface area contributed by atoms with E-state index in [1.54, 1.807) is 43.3 Å². The molecule has 0 radical (unpaired) electrons. The van der Waals surface area contributed by atoms with Crippen molar-refractivity contribution in [1.29, 1.82) is 0 Å². The molecule has 1 saturated heterocycles. The van der Waals surface area contributed by atoms with Gasteiger partial charge in [-0.2, -0.15) is 0 Å². The number of nitrogens with zero attached hydrogens (tertiary/aromatic N) is 1. The summed E-state index contributed by atoms with van der Waals surface area (Å²) in [6.45, 7) is 1.10. The van der Waals surface area contributed by atoms with E-state index in [9.17, 15) is 19.2 Å². The van der Waals surface area contributed by atoms with Crippen LogP contribution in [0.25, 0.3) is 6.08 Å². The molecule has 0 atom stereocenters. The summed E-state index contributed by atoms with van der Waals surface area (Å²) in [5, 5.41) is 11.3. The fraction of sp³-hybridized carbons (Fsp3) is 0.182. The van der Waals surface area contributed by atoms with Crippen LogP contribution < -0.4 is 14.8 Å². The lowest BCUT2D eigenvalue weighted by Gasteiger charge is -2.12. The molecule has 1 aliphatic heterocycles. The number of carboxylic acid groups (broad SMARTS) is 1. The first kappa shape index (κ1) is 24.1. The second kappa shape index (κ2) is 10.9. The molecule has 0 aromatic heterocycles. The van der Waals surface area contributed by atoms with Gasteiger partial charge in [0.1, 0.15) is 6.54 Å². The van der Waals surface area contributed by atoms with E-state index in [4.69, 9.17) is 26.2 Å². The third-order valence-corrected chi connectivity index (χ3v) is 5.38. The zero-order valence-electron chi connectivity index (χ0n) is 17.4. The monoisotopic (exact) mass is 490 g/mol. The molecule has 9 nitrogen and oxygen atoms in total. The summed E-state index contributed by atoms with van der Waals surface area (Å²) in [5.74, 6) is -1.72. The van der Waals surface area contributed by atoms with Gasteiger partial charge in [0.2, 0.25) is 5.91 Å². The Bertz CT molecular complexity index is 1120. The number of anilines is 1. The molecule has 33 heavy (non-hydrogen) atoms. The molecule has 2 aromatic carbocycles. The summed E-state index contributed by atoms with van der Waals surface area (Å²) in [6, 6.07) is 11.1. The van der Waals surface area contributed by atoms with E-state index in [1.165, 1.54) is 12.1 Å². The van der Waals surface area contributed by atoms with E-state index in [2.05, 4.69) is 5.32 Å². The van der Waals surface area contributed by atoms with Crippen LogP contribution in [-0.2, 0) is 14.4 Å². The van der Waals surface area contributed by atoms with Crippen LogP contribution in [0.5, 0.6) is 11.5 Å². The standard InChI is InChI=1S/C22H19ClN2O7S/c1-2-31-17-9-13(3-8-16(17)32-12-20(27)28)10-18-21(29)25(22(30)33-18)11-19(26)24-15-6-4-14(23)5-7-15/h3-10H,2,11-12H2,1H3,(H,24,26)(H,27,28)/b18-10+. The van der Waals surface area contributed by atoms with Crippen molar-refractivity contribution in [2.24, 2.45) is 0 Å². The summed E-state index contributed by atoms with van der Waals surface area (Å²) in [4.78, 5) is 49.0. The fourth-order valence-corrected chi connectivity index (χ4v) is 3.77. The lowest BCUT2D eigenvalue weighted by molar-refractivity contribution is -0.139. The number of halogens is 1. The Balaban J connectivity index is 1.71. The summed E-state index contributed by atoms with van der Waals surface area (Å²) in [7, 11) is 0. The number of rotatable bonds is 9. The number of carbonyl (C=O) groups is 4. The zero-order chi connectivity index (χ0) is 24.0. The van der Waals surface area contributed by atoms with E-state index >= 15 is 0 Å². The minimum atomic E-state index is -1.13. The highest BCUT2D eigenvalue weighted by Crippen LogP contribution is 2.34. The minimum Gasteiger partial charge on any atom is -0.490 e. The summed E-state index contributed by atoms with van der Waals surface area (Å²) < 4.78 is 10.7. The van der Waals surface area contributed by atoms with E-state index in [0.29, 0.717) is 40.4 Å². The van der Waals surface area contributed by atoms with Gasteiger partial charge in [-0.15, -0.1) is 0 Å². The van der Waals surface area contributed by atoms with Crippen molar-refractivity contribution in [1.82, 2.24) is 4.90 Å². The van der Waals surface area contributed by atoms with Gasteiger partial charge in [0.05, 0.1) is 11.5 Å². The van der Waals surface area contributed by atoms with Crippen LogP contribution in [0, 0.1) is 0 Å². The Morgan fingerprint density at radius 3 is 2.52 bits per heavy atom. The van der Waals surface area contributed by atoms with Crippen LogP contribution in [0.1, 0.15) is 12.5 Å². The number of amides is 3. The van der Waals surface area contributed by atoms with Gasteiger partial charge in [0.25, 0.3) is 11.1 Å². The summed E-state index contributed by atoms with van der Waals surface area (Å²) >= 11 is 6.53. The van der Waals surface area contributed by atoms with E-state index in [1.807, 2.05) is 0 Å². The molecule has 0 saturated carbocycles. The van der Waals surface area contributed by atoms with E-state index in [0.717, 1.165) is 4.90 Å². The fourth-order valence-electron chi connectivity index (χ4n) is 2.81. The predicted molar refractivity (Wildman–Crippen MR) is 124 cm³/mol. The van der Waals surface area contributed by atoms with Crippen LogP contribution in [-0.4, -0.2) is 52.8 Å². The number of hydrogen-bond acceptors (Lipinski definition) is 7. The maximum absolute atomic E-state index is 12.7. The molecule has 3 rings (SSSR count). The number of ether oxygens (including phenoxy) is 2. The summed E-state index contributed by atoms with van der Waals surface area (Å²) in [6.07, 6.45) is 1.49. The Hall–Kier alpha value is -3.50. The van der Waals surface area contributed by atoms with Crippen molar-refractivity contribution in [3.05, 3.63) is 58.0 Å². The first-order valence-electron chi connectivity index (χ1n) is 9.69. The average molecular weight is 491 g/mol. The third-order valence-electron chi connectivity index (χ3n) is 4.22. The van der Waals surface area contributed by atoms with E-state index in [-0.39, 0.29) is 10.7 Å². The van der Waals surface area contributed by atoms with Crippen molar-refractivity contribution >= 4 is 58.1 Å². The van der Waals surface area contributed by atoms with E-state index < -0.39 is 36.2 Å². The van der Waals surface area contributed by atoms with Crippen LogP contribution in [0.15, 0.2) is 47.4 Å². The largest absolute Gasteiger partial charge is 0.490 e. The second-order valence-corrected chi connectivity index (χ2v) is 8.07. The van der Waals surface area contributed by atoms with Crippen LogP contribution in [0.4, 0.5) is 10.5 Å². The number of hydrogen-bond donors (Lipinski definition) is 2. The topological polar surface area (TPSA) is 122 Å². The highest BCUT2D eigenvalue weighted by molar-refractivity contribution is 8.18. The first-order valence-corrected chi connectivity index (χ1v) is 10.9. The van der Waals surface area contributed by atoms with Crippen molar-refractivity contribution in [2.75, 3.05) is 25.1 Å². The Morgan fingerprint density at radius 2 is 1.85 bits per heavy atom. The molecule has 1 fully saturated rings. The maximum atomic E-state index is 12.7. The lowest BCUT2D eigenvalue weighted by Crippen LogP contribution is -2.36. The number of benzene rings is 2. The predicted octanol–water partition coefficient (Wildman–Crippen LogP) is 3.88. The molecule has 1 heterocycles. The molecule has 0 bridgehead atoms. The highest BCUT2D eigenvalue weighted by atomic mass is 35.5. The first-order chi connectivity index (χ1) is 15.8. The molecule has 172 valence electrons. The molecule has 2 aromatic rings. The van der Waals surface area contributed by atoms with Crippen molar-refractivity contribution in [3.8, 4) is 11.5 Å². The molecule has 2 N–H and O–H groups in total. The number of nitrogens with one attached hydrogen (secondary N) is 1. The van der Waals surface area contributed by atoms with Gasteiger partial charge in [0.15, 0.2) is 18.1 Å². The van der Waals surface area contributed by atoms with Crippen molar-refractivity contribution in [3.63, 3.8) is 0 Å². The molecule has 0 aliphatic carbocycles. The Kier molecular flexibility index (Phi) is 7.96. The van der Waals surface area contributed by atoms with Crippen molar-refractivity contribution < 1.29 is 33.8 Å². The van der Waals surface area contributed by atoms with Gasteiger partial charge < -0.3 is 19.9 Å². The minimum absolute atomic E-state index is 0.140. The van der Waals surface area contributed by atoms with Crippen molar-refractivity contribution in [2.45, 2.75) is 6.92 Å². The molecule has 1 aliphatic rings. The molecule has 0 unspecified atom stereocenters. The summed E-state index contributed by atoms with van der Waals surface area (Å²) in [5.41, 5.74) is 1.03. The quantitative estimate of drug-likeness (QED) is 0.508. The Labute approximate surface area is 198 Å². The lowest BCUT2D eigenvalue weighted by atomic mass is 10.2. The molecular weight excluding hydrogens is 472 g/mol. The van der Waals surface area contributed by atoms with Gasteiger partial charge in [0, 0.05) is 10.7 Å². The molecule has 0 spiro atoms. The molecule has 3 amide bonds. The van der Waals surface area contributed by atoms with Gasteiger partial charge >= 0.3 is 5.97 Å². The Morgan fingerprint density at radius 1 is 1.12 bits per heavy atom. The second-order valence-electron chi connectivity index (χ2n) is 6.64. The van der Waals surface area contributed by atoms with Gasteiger partial charge in [-0.25, -0.2) is 4.79 Å². The highest BCUT2D eigenvalue weighted by Gasteiger charge is 2.36. The number of imide groups is 1. The number of carbonyl (C=O) groups excluding carboxylic acids is 3. The maximum Gasteiger partial charge on any atom is 0.341 e. The third kappa shape index (κ3) is 6.50.